The van der Waals surface area contributed by atoms with Gasteiger partial charge in [-0.3, -0.25) is 4.98 Å². The van der Waals surface area contributed by atoms with Crippen molar-refractivity contribution in [2.45, 2.75) is 6.42 Å². The normalized spacial score (nSPS) is 10.9. The third kappa shape index (κ3) is 1.95. The van der Waals surface area contributed by atoms with Crippen molar-refractivity contribution in [2.24, 2.45) is 0 Å². The zero-order chi connectivity index (χ0) is 12.4. The summed E-state index contributed by atoms with van der Waals surface area (Å²) in [6.45, 7) is 0. The van der Waals surface area contributed by atoms with Crippen LogP contribution in [-0.4, -0.2) is 25.9 Å². The van der Waals surface area contributed by atoms with E-state index in [0.717, 1.165) is 28.7 Å². The van der Waals surface area contributed by atoms with Gasteiger partial charge < -0.3 is 0 Å². The molecule has 0 N–H and O–H groups in total. The van der Waals surface area contributed by atoms with Crippen molar-refractivity contribution in [3.05, 3.63) is 48.4 Å². The fourth-order valence-corrected chi connectivity index (χ4v) is 2.09. The van der Waals surface area contributed by atoms with E-state index < -0.39 is 0 Å². The van der Waals surface area contributed by atoms with Gasteiger partial charge in [-0.15, -0.1) is 16.7 Å². The van der Waals surface area contributed by atoms with E-state index in [1.807, 2.05) is 36.5 Å². The van der Waals surface area contributed by atoms with E-state index in [2.05, 4.69) is 15.3 Å². The second-order valence-corrected chi connectivity index (χ2v) is 4.32. The monoisotopic (exact) mass is 258 g/mol. The van der Waals surface area contributed by atoms with Gasteiger partial charge in [-0.05, 0) is 12.1 Å². The van der Waals surface area contributed by atoms with Crippen LogP contribution in [0.15, 0.2) is 42.7 Å². The van der Waals surface area contributed by atoms with Gasteiger partial charge in [-0.25, -0.2) is 4.68 Å². The lowest BCUT2D eigenvalue weighted by Crippen LogP contribution is -1.97. The molecule has 0 unspecified atom stereocenters. The molecule has 3 rings (SSSR count). The van der Waals surface area contributed by atoms with Gasteiger partial charge in [0.15, 0.2) is 0 Å². The minimum absolute atomic E-state index is 0.548. The Morgan fingerprint density at radius 3 is 2.94 bits per heavy atom. The molecule has 0 spiro atoms. The van der Waals surface area contributed by atoms with Crippen molar-refractivity contribution >= 4 is 22.5 Å². The number of halogens is 1. The smallest absolute Gasteiger partial charge is 0.0959 e. The predicted octanol–water partition coefficient (Wildman–Crippen LogP) is 2.60. The highest BCUT2D eigenvalue weighted by Crippen LogP contribution is 2.19. The Morgan fingerprint density at radius 2 is 2.06 bits per heavy atom. The highest BCUT2D eigenvalue weighted by Gasteiger charge is 2.06. The van der Waals surface area contributed by atoms with Crippen LogP contribution in [0.25, 0.3) is 16.6 Å². The number of nitrogens with zero attached hydrogens (tertiary/aromatic N) is 4. The largest absolute Gasteiger partial charge is 0.254 e. The van der Waals surface area contributed by atoms with Crippen LogP contribution in [0.2, 0.25) is 0 Å². The number of pyridine rings is 1. The summed E-state index contributed by atoms with van der Waals surface area (Å²) in [5.74, 6) is 0.548. The summed E-state index contributed by atoms with van der Waals surface area (Å²) in [6.07, 6.45) is 4.40. The van der Waals surface area contributed by atoms with E-state index in [-0.39, 0.29) is 0 Å². The molecule has 18 heavy (non-hydrogen) atoms. The molecule has 0 saturated heterocycles. The average Bonchev–Trinajstić information content (AvgIpc) is 2.87. The second kappa shape index (κ2) is 4.74. The molecule has 2 heterocycles. The van der Waals surface area contributed by atoms with Gasteiger partial charge >= 0.3 is 0 Å². The standard InChI is InChI=1S/C13H11ClN4/c14-7-6-11-9-18(17-16-11)12-5-1-3-10-4-2-8-15-13(10)12/h1-5,8-9H,6-7H2. The molecule has 4 nitrogen and oxygen atoms in total. The third-order valence-corrected chi connectivity index (χ3v) is 2.94. The summed E-state index contributed by atoms with van der Waals surface area (Å²) < 4.78 is 1.75. The van der Waals surface area contributed by atoms with Crippen molar-refractivity contribution in [1.82, 2.24) is 20.0 Å². The summed E-state index contributed by atoms with van der Waals surface area (Å²) in [5.41, 5.74) is 2.74. The minimum Gasteiger partial charge on any atom is -0.254 e. The van der Waals surface area contributed by atoms with E-state index in [0.29, 0.717) is 5.88 Å². The Hall–Kier alpha value is -1.94. The number of para-hydroxylation sites is 1. The van der Waals surface area contributed by atoms with E-state index in [1.54, 1.807) is 10.9 Å². The molecule has 0 atom stereocenters. The summed E-state index contributed by atoms with van der Waals surface area (Å²) in [4.78, 5) is 4.40. The number of fused-ring (bicyclic) bond motifs is 1. The number of benzene rings is 1. The molecule has 5 heteroatoms. The molecule has 0 aliphatic carbocycles. The summed E-state index contributed by atoms with van der Waals surface area (Å²) in [6, 6.07) is 9.95. The number of hydrogen-bond donors (Lipinski definition) is 0. The van der Waals surface area contributed by atoms with Crippen molar-refractivity contribution in [3.8, 4) is 5.69 Å². The first-order valence-electron chi connectivity index (χ1n) is 5.70. The highest BCUT2D eigenvalue weighted by atomic mass is 35.5. The molecule has 0 saturated carbocycles. The zero-order valence-corrected chi connectivity index (χ0v) is 10.4. The van der Waals surface area contributed by atoms with Crippen LogP contribution in [0.1, 0.15) is 5.69 Å². The van der Waals surface area contributed by atoms with Crippen molar-refractivity contribution in [3.63, 3.8) is 0 Å². The van der Waals surface area contributed by atoms with Gasteiger partial charge in [-0.2, -0.15) is 0 Å². The molecule has 2 aromatic heterocycles. The van der Waals surface area contributed by atoms with Crippen molar-refractivity contribution < 1.29 is 0 Å². The fraction of sp³-hybridized carbons (Fsp3) is 0.154. The first-order chi connectivity index (χ1) is 8.88. The predicted molar refractivity (Wildman–Crippen MR) is 71.1 cm³/mol. The lowest BCUT2D eigenvalue weighted by molar-refractivity contribution is 0.801. The van der Waals surface area contributed by atoms with Crippen LogP contribution in [0, 0.1) is 0 Å². The summed E-state index contributed by atoms with van der Waals surface area (Å²) >= 11 is 5.70. The number of hydrogen-bond acceptors (Lipinski definition) is 3. The fourth-order valence-electron chi connectivity index (χ4n) is 1.90. The maximum absolute atomic E-state index is 5.70. The highest BCUT2D eigenvalue weighted by molar-refractivity contribution is 6.17. The molecular formula is C13H11ClN4. The average molecular weight is 259 g/mol. The topological polar surface area (TPSA) is 43.6 Å². The molecule has 0 aliphatic rings. The molecule has 1 aromatic carbocycles. The first kappa shape index (κ1) is 11.2. The second-order valence-electron chi connectivity index (χ2n) is 3.95. The van der Waals surface area contributed by atoms with Crippen LogP contribution in [0.4, 0.5) is 0 Å². The Labute approximate surface area is 109 Å². The Bertz CT molecular complexity index is 672. The van der Waals surface area contributed by atoms with Crippen molar-refractivity contribution in [1.29, 1.82) is 0 Å². The van der Waals surface area contributed by atoms with Crippen molar-refractivity contribution in [2.75, 3.05) is 5.88 Å². The summed E-state index contributed by atoms with van der Waals surface area (Å²) in [7, 11) is 0. The number of aromatic nitrogens is 4. The molecule has 90 valence electrons. The SMILES string of the molecule is ClCCc1cn(-c2cccc3cccnc23)nn1. The molecule has 0 aliphatic heterocycles. The molecular weight excluding hydrogens is 248 g/mol. The van der Waals surface area contributed by atoms with Crippen LogP contribution >= 0.6 is 11.6 Å². The van der Waals surface area contributed by atoms with Gasteiger partial charge in [-0.1, -0.05) is 23.4 Å². The van der Waals surface area contributed by atoms with Gasteiger partial charge in [0.05, 0.1) is 23.1 Å². The van der Waals surface area contributed by atoms with E-state index >= 15 is 0 Å². The first-order valence-corrected chi connectivity index (χ1v) is 6.23. The summed E-state index contributed by atoms with van der Waals surface area (Å²) in [5, 5.41) is 9.30. The van der Waals surface area contributed by atoms with E-state index in [9.17, 15) is 0 Å². The number of rotatable bonds is 3. The third-order valence-electron chi connectivity index (χ3n) is 2.75. The molecule has 0 radical (unpaired) electrons. The van der Waals surface area contributed by atoms with Crippen LogP contribution in [-0.2, 0) is 6.42 Å². The zero-order valence-electron chi connectivity index (χ0n) is 9.62. The molecule has 0 amide bonds. The van der Waals surface area contributed by atoms with E-state index in [1.165, 1.54) is 0 Å². The quantitative estimate of drug-likeness (QED) is 0.678. The maximum Gasteiger partial charge on any atom is 0.0959 e. The Balaban J connectivity index is 2.12. The minimum atomic E-state index is 0.548. The van der Waals surface area contributed by atoms with Gasteiger partial charge in [0, 0.05) is 23.9 Å². The van der Waals surface area contributed by atoms with E-state index in [4.69, 9.17) is 11.6 Å². The van der Waals surface area contributed by atoms with Gasteiger partial charge in [0.2, 0.25) is 0 Å². The maximum atomic E-state index is 5.70. The lowest BCUT2D eigenvalue weighted by Gasteiger charge is -2.03. The Kier molecular flexibility index (Phi) is 2.94. The van der Waals surface area contributed by atoms with Crippen LogP contribution in [0.3, 0.4) is 0 Å². The Morgan fingerprint density at radius 1 is 1.17 bits per heavy atom. The van der Waals surface area contributed by atoms with Crippen LogP contribution in [0.5, 0.6) is 0 Å². The van der Waals surface area contributed by atoms with Gasteiger partial charge in [0.1, 0.15) is 0 Å². The molecule has 0 fully saturated rings. The lowest BCUT2D eigenvalue weighted by atomic mass is 10.2. The number of aryl methyl sites for hydroxylation is 1. The van der Waals surface area contributed by atoms with Gasteiger partial charge in [0.25, 0.3) is 0 Å². The number of alkyl halides is 1. The molecule has 0 bridgehead atoms. The van der Waals surface area contributed by atoms with Crippen LogP contribution < -0.4 is 0 Å². The molecule has 3 aromatic rings.